The van der Waals surface area contributed by atoms with Crippen LogP contribution in [0.25, 0.3) is 10.1 Å². The molecule has 2 aromatic rings. The Bertz CT molecular complexity index is 623. The van der Waals surface area contributed by atoms with E-state index >= 15 is 0 Å². The van der Waals surface area contributed by atoms with Gasteiger partial charge in [0, 0.05) is 16.9 Å². The summed E-state index contributed by atoms with van der Waals surface area (Å²) in [5, 5.41) is 1.04. The van der Waals surface area contributed by atoms with Gasteiger partial charge in [-0.3, -0.25) is 4.79 Å². The lowest BCUT2D eigenvalue weighted by Gasteiger charge is -2.32. The molecule has 1 aromatic heterocycles. The fourth-order valence-corrected chi connectivity index (χ4v) is 3.34. The van der Waals surface area contributed by atoms with Gasteiger partial charge >= 0.3 is 0 Å². The molecule has 0 spiro atoms. The summed E-state index contributed by atoms with van der Waals surface area (Å²) >= 11 is 1.52. The maximum atomic E-state index is 12.5. The van der Waals surface area contributed by atoms with Crippen molar-refractivity contribution in [2.45, 2.75) is 13.0 Å². The number of amides is 1. The maximum Gasteiger partial charge on any atom is 0.264 e. The Hall–Kier alpha value is -1.59. The molecule has 1 aromatic carbocycles. The minimum absolute atomic E-state index is 0.0931. The van der Waals surface area contributed by atoms with E-state index in [0.717, 1.165) is 20.7 Å². The Morgan fingerprint density at radius 3 is 3.11 bits per heavy atom. The molecule has 100 valence electrons. The number of nitrogens with zero attached hydrogens (tertiary/aromatic N) is 1. The van der Waals surface area contributed by atoms with E-state index in [-0.39, 0.29) is 11.9 Å². The monoisotopic (exact) mass is 276 g/mol. The molecule has 5 heteroatoms. The van der Waals surface area contributed by atoms with Gasteiger partial charge in [-0.2, -0.15) is 0 Å². The van der Waals surface area contributed by atoms with Crippen LogP contribution in [0.2, 0.25) is 0 Å². The predicted molar refractivity (Wildman–Crippen MR) is 77.6 cm³/mol. The second-order valence-electron chi connectivity index (χ2n) is 4.83. The summed E-state index contributed by atoms with van der Waals surface area (Å²) in [6.07, 6.45) is 0. The van der Waals surface area contributed by atoms with Crippen molar-refractivity contribution in [3.05, 3.63) is 29.1 Å². The summed E-state index contributed by atoms with van der Waals surface area (Å²) in [4.78, 5) is 15.2. The number of hydrogen-bond donors (Lipinski definition) is 1. The average molecular weight is 276 g/mol. The van der Waals surface area contributed by atoms with Gasteiger partial charge in [-0.05, 0) is 36.6 Å². The molecule has 1 aliphatic rings. The number of thiophene rings is 1. The molecule has 3 rings (SSSR count). The summed E-state index contributed by atoms with van der Waals surface area (Å²) < 4.78 is 6.46. The molecule has 1 saturated heterocycles. The fourth-order valence-electron chi connectivity index (χ4n) is 2.34. The van der Waals surface area contributed by atoms with Crippen molar-refractivity contribution >= 4 is 33.0 Å². The van der Waals surface area contributed by atoms with Crippen LogP contribution in [-0.4, -0.2) is 36.6 Å². The minimum atomic E-state index is 0.0931. The van der Waals surface area contributed by atoms with E-state index in [1.165, 1.54) is 11.3 Å². The van der Waals surface area contributed by atoms with E-state index in [2.05, 4.69) is 0 Å². The molecule has 1 amide bonds. The van der Waals surface area contributed by atoms with Gasteiger partial charge < -0.3 is 15.4 Å². The van der Waals surface area contributed by atoms with E-state index < -0.39 is 0 Å². The van der Waals surface area contributed by atoms with Crippen molar-refractivity contribution < 1.29 is 9.53 Å². The third kappa shape index (κ3) is 2.31. The van der Waals surface area contributed by atoms with Crippen LogP contribution >= 0.6 is 11.3 Å². The standard InChI is InChI=1S/C14H16N2O2S/c1-9-8-18-5-4-16(9)14(17)13-7-10-6-11(15)2-3-12(10)19-13/h2-3,6-7,9H,4-5,8,15H2,1H3. The van der Waals surface area contributed by atoms with Crippen molar-refractivity contribution in [3.63, 3.8) is 0 Å². The molecule has 0 bridgehead atoms. The van der Waals surface area contributed by atoms with Crippen LogP contribution in [0.15, 0.2) is 24.3 Å². The van der Waals surface area contributed by atoms with E-state index in [0.29, 0.717) is 19.8 Å². The minimum Gasteiger partial charge on any atom is -0.399 e. The predicted octanol–water partition coefficient (Wildman–Crippen LogP) is 2.34. The SMILES string of the molecule is CC1COCCN1C(=O)c1cc2cc(N)ccc2s1. The number of carbonyl (C=O) groups is 1. The molecule has 19 heavy (non-hydrogen) atoms. The molecule has 2 heterocycles. The van der Waals surface area contributed by atoms with Crippen LogP contribution < -0.4 is 5.73 Å². The molecule has 4 nitrogen and oxygen atoms in total. The third-order valence-corrected chi connectivity index (χ3v) is 4.48. The number of fused-ring (bicyclic) bond motifs is 1. The summed E-state index contributed by atoms with van der Waals surface area (Å²) in [5.74, 6) is 0.0931. The van der Waals surface area contributed by atoms with E-state index in [1.807, 2.05) is 36.1 Å². The Labute approximate surface area is 115 Å². The van der Waals surface area contributed by atoms with Gasteiger partial charge in [0.2, 0.25) is 0 Å². The zero-order chi connectivity index (χ0) is 13.4. The molecule has 0 aliphatic carbocycles. The Kier molecular flexibility index (Phi) is 3.16. The fraction of sp³-hybridized carbons (Fsp3) is 0.357. The van der Waals surface area contributed by atoms with Gasteiger partial charge in [-0.1, -0.05) is 0 Å². The molecule has 0 saturated carbocycles. The average Bonchev–Trinajstić information content (AvgIpc) is 2.81. The van der Waals surface area contributed by atoms with Crippen LogP contribution in [0.1, 0.15) is 16.6 Å². The van der Waals surface area contributed by atoms with Crippen molar-refractivity contribution in [2.75, 3.05) is 25.5 Å². The van der Waals surface area contributed by atoms with Crippen LogP contribution in [0.4, 0.5) is 5.69 Å². The number of anilines is 1. The molecule has 1 atom stereocenters. The van der Waals surface area contributed by atoms with Gasteiger partial charge in [0.05, 0.1) is 24.1 Å². The van der Waals surface area contributed by atoms with Crippen LogP contribution in [0.5, 0.6) is 0 Å². The molecule has 1 fully saturated rings. The van der Waals surface area contributed by atoms with Crippen LogP contribution in [-0.2, 0) is 4.74 Å². The number of carbonyl (C=O) groups excluding carboxylic acids is 1. The van der Waals surface area contributed by atoms with Gasteiger partial charge in [0.25, 0.3) is 5.91 Å². The van der Waals surface area contributed by atoms with E-state index in [1.54, 1.807) is 0 Å². The highest BCUT2D eigenvalue weighted by atomic mass is 32.1. The number of nitrogen functional groups attached to an aromatic ring is 1. The van der Waals surface area contributed by atoms with Gasteiger partial charge in [0.15, 0.2) is 0 Å². The lowest BCUT2D eigenvalue weighted by Crippen LogP contribution is -2.46. The lowest BCUT2D eigenvalue weighted by molar-refractivity contribution is 0.00387. The summed E-state index contributed by atoms with van der Waals surface area (Å²) in [6.45, 7) is 3.91. The van der Waals surface area contributed by atoms with Gasteiger partial charge in [-0.25, -0.2) is 0 Å². The highest BCUT2D eigenvalue weighted by Crippen LogP contribution is 2.28. The second-order valence-corrected chi connectivity index (χ2v) is 5.91. The second kappa shape index (κ2) is 4.83. The molecule has 1 unspecified atom stereocenters. The molecular formula is C14H16N2O2S. The summed E-state index contributed by atoms with van der Waals surface area (Å²) in [7, 11) is 0. The molecule has 2 N–H and O–H groups in total. The first-order valence-corrected chi connectivity index (χ1v) is 7.14. The third-order valence-electron chi connectivity index (χ3n) is 3.38. The largest absolute Gasteiger partial charge is 0.399 e. The van der Waals surface area contributed by atoms with E-state index in [9.17, 15) is 4.79 Å². The van der Waals surface area contributed by atoms with Crippen molar-refractivity contribution in [2.24, 2.45) is 0 Å². The number of benzene rings is 1. The quantitative estimate of drug-likeness (QED) is 0.813. The Balaban J connectivity index is 1.92. The normalized spacial score (nSPS) is 19.8. The number of rotatable bonds is 1. The summed E-state index contributed by atoms with van der Waals surface area (Å²) in [6, 6.07) is 7.81. The smallest absolute Gasteiger partial charge is 0.264 e. The number of hydrogen-bond acceptors (Lipinski definition) is 4. The number of nitrogens with two attached hydrogens (primary N) is 1. The zero-order valence-corrected chi connectivity index (χ0v) is 11.6. The van der Waals surface area contributed by atoms with E-state index in [4.69, 9.17) is 10.5 Å². The Morgan fingerprint density at radius 2 is 2.32 bits per heavy atom. The van der Waals surface area contributed by atoms with Gasteiger partial charge in [0.1, 0.15) is 0 Å². The first-order valence-electron chi connectivity index (χ1n) is 6.33. The molecular weight excluding hydrogens is 260 g/mol. The van der Waals surface area contributed by atoms with Crippen LogP contribution in [0.3, 0.4) is 0 Å². The number of morpholine rings is 1. The highest BCUT2D eigenvalue weighted by Gasteiger charge is 2.25. The van der Waals surface area contributed by atoms with Crippen LogP contribution in [0, 0.1) is 0 Å². The summed E-state index contributed by atoms with van der Waals surface area (Å²) in [5.41, 5.74) is 6.49. The van der Waals surface area contributed by atoms with Gasteiger partial charge in [-0.15, -0.1) is 11.3 Å². The van der Waals surface area contributed by atoms with Crippen molar-refractivity contribution in [1.29, 1.82) is 0 Å². The lowest BCUT2D eigenvalue weighted by atomic mass is 10.2. The maximum absolute atomic E-state index is 12.5. The highest BCUT2D eigenvalue weighted by molar-refractivity contribution is 7.20. The zero-order valence-electron chi connectivity index (χ0n) is 10.8. The molecule has 0 radical (unpaired) electrons. The van der Waals surface area contributed by atoms with Crippen molar-refractivity contribution in [1.82, 2.24) is 4.90 Å². The van der Waals surface area contributed by atoms with Crippen molar-refractivity contribution in [3.8, 4) is 0 Å². The Morgan fingerprint density at radius 1 is 1.47 bits per heavy atom. The first-order chi connectivity index (χ1) is 9.15. The topological polar surface area (TPSA) is 55.6 Å². The number of ether oxygens (including phenoxy) is 1. The first kappa shape index (κ1) is 12.4. The molecule has 1 aliphatic heterocycles.